The summed E-state index contributed by atoms with van der Waals surface area (Å²) in [5.74, 6) is -1.52. The van der Waals surface area contributed by atoms with Crippen LogP contribution in [0.3, 0.4) is 0 Å². The van der Waals surface area contributed by atoms with E-state index in [1.165, 1.54) is 0 Å². The topological polar surface area (TPSA) is 182 Å². The van der Waals surface area contributed by atoms with Gasteiger partial charge < -0.3 is 31.1 Å². The minimum absolute atomic E-state index is 0.0133. The van der Waals surface area contributed by atoms with Gasteiger partial charge in [-0.05, 0) is 67.8 Å². The number of halogens is 3. The normalized spacial score (nSPS) is 13.0. The van der Waals surface area contributed by atoms with Crippen molar-refractivity contribution in [3.05, 3.63) is 32.0 Å². The minimum Gasteiger partial charge on any atom is -0.394 e. The first-order chi connectivity index (χ1) is 13.1. The van der Waals surface area contributed by atoms with Crippen molar-refractivity contribution in [3.63, 3.8) is 0 Å². The Balaban J connectivity index is 3.44. The number of nitrogens with one attached hydrogen (secondary N) is 2. The number of hydrogen-bond donors (Lipinski definition) is 6. The molecule has 0 aliphatic carbocycles. The predicted octanol–water partition coefficient (Wildman–Crippen LogP) is -0.425. The van der Waals surface area contributed by atoms with Gasteiger partial charge in [0.25, 0.3) is 17.5 Å². The van der Waals surface area contributed by atoms with Gasteiger partial charge in [0.15, 0.2) is 0 Å². The van der Waals surface area contributed by atoms with Gasteiger partial charge in [-0.25, -0.2) is 0 Å². The summed E-state index contributed by atoms with van der Waals surface area (Å²) >= 11 is 4.99. The number of nitrogens with zero attached hydrogens (tertiary/aromatic N) is 1. The average Bonchev–Trinajstić information content (AvgIpc) is 2.63. The second-order valence-corrected chi connectivity index (χ2v) is 8.63. The van der Waals surface area contributed by atoms with Crippen LogP contribution < -0.4 is 10.6 Å². The van der Waals surface area contributed by atoms with Gasteiger partial charge >= 0.3 is 0 Å². The highest BCUT2D eigenvalue weighted by Gasteiger charge is 2.33. The van der Waals surface area contributed by atoms with Gasteiger partial charge in [0, 0.05) is 16.7 Å². The van der Waals surface area contributed by atoms with Crippen LogP contribution in [0, 0.1) is 20.8 Å². The van der Waals surface area contributed by atoms with E-state index in [0.717, 1.165) is 0 Å². The van der Waals surface area contributed by atoms with Crippen LogP contribution in [0.5, 0.6) is 0 Å². The molecule has 1 aromatic carbocycles. The van der Waals surface area contributed by atoms with Crippen LogP contribution >= 0.6 is 67.8 Å². The second-order valence-electron chi connectivity index (χ2n) is 5.39. The largest absolute Gasteiger partial charge is 0.394 e. The van der Waals surface area contributed by atoms with Crippen LogP contribution in [-0.2, 0) is 0 Å². The fraction of sp³-hybridized carbons (Fsp3) is 0.429. The van der Waals surface area contributed by atoms with Gasteiger partial charge in [0.05, 0.1) is 41.5 Å². The van der Waals surface area contributed by atoms with Crippen molar-refractivity contribution >= 4 is 85.3 Å². The van der Waals surface area contributed by atoms with Gasteiger partial charge in [-0.1, -0.05) is 0 Å². The molecule has 2 atom stereocenters. The Morgan fingerprint density at radius 3 is 1.54 bits per heavy atom. The zero-order valence-corrected chi connectivity index (χ0v) is 20.5. The van der Waals surface area contributed by atoms with E-state index in [4.69, 9.17) is 10.2 Å². The molecular formula is C14H16I3N3O8. The zero-order chi connectivity index (χ0) is 21.6. The molecule has 1 aromatic rings. The molecule has 0 aliphatic heterocycles. The number of hydrogen-bond acceptors (Lipinski definition) is 8. The van der Waals surface area contributed by atoms with Crippen molar-refractivity contribution in [3.8, 4) is 0 Å². The highest BCUT2D eigenvalue weighted by molar-refractivity contribution is 14.1. The first-order valence-corrected chi connectivity index (χ1v) is 10.8. The molecule has 6 N–H and O–H groups in total. The number of rotatable bonds is 9. The molecule has 14 heteroatoms. The summed E-state index contributed by atoms with van der Waals surface area (Å²) in [6.07, 6.45) is -2.42. The second kappa shape index (κ2) is 11.7. The highest BCUT2D eigenvalue weighted by atomic mass is 127. The Hall–Kier alpha value is -0.410. The van der Waals surface area contributed by atoms with Crippen LogP contribution in [0.2, 0.25) is 0 Å². The zero-order valence-electron chi connectivity index (χ0n) is 14.0. The van der Waals surface area contributed by atoms with E-state index in [0.29, 0.717) is 0 Å². The summed E-state index contributed by atoms with van der Waals surface area (Å²) in [6, 6.07) is 0. The van der Waals surface area contributed by atoms with Gasteiger partial charge in [-0.3, -0.25) is 19.7 Å². The fourth-order valence-electron chi connectivity index (χ4n) is 1.94. The Labute approximate surface area is 199 Å². The highest BCUT2D eigenvalue weighted by Crippen LogP contribution is 2.36. The standard InChI is InChI=1S/C14H16I3N3O8/c15-9-7(13(25)18-1-5(23)3-21)10(16)12(20(27)28)11(17)8(9)14(26)19-2-6(24)4-22/h5-6,21-24H,1-4H2,(H,18,25)(H,19,26)/t5-,6-/m1/s1. The number of amides is 2. The molecular weight excluding hydrogens is 719 g/mol. The molecule has 0 unspecified atom stereocenters. The van der Waals surface area contributed by atoms with Crippen molar-refractivity contribution in [2.24, 2.45) is 0 Å². The van der Waals surface area contributed by atoms with E-state index >= 15 is 0 Å². The number of aliphatic hydroxyl groups excluding tert-OH is 4. The molecule has 28 heavy (non-hydrogen) atoms. The van der Waals surface area contributed by atoms with E-state index in [1.54, 1.807) is 67.8 Å². The number of nitro groups is 1. The first kappa shape index (κ1) is 25.6. The molecule has 0 heterocycles. The van der Waals surface area contributed by atoms with E-state index in [-0.39, 0.29) is 34.9 Å². The molecule has 11 nitrogen and oxygen atoms in total. The number of nitro benzene ring substituents is 1. The van der Waals surface area contributed by atoms with Gasteiger partial charge in [0.2, 0.25) is 0 Å². The summed E-state index contributed by atoms with van der Waals surface area (Å²) in [5, 5.41) is 52.7. The Morgan fingerprint density at radius 2 is 1.25 bits per heavy atom. The molecule has 0 radical (unpaired) electrons. The van der Waals surface area contributed by atoms with Gasteiger partial charge in [-0.15, -0.1) is 0 Å². The first-order valence-electron chi connectivity index (χ1n) is 7.55. The number of carbonyl (C=O) groups is 2. The lowest BCUT2D eigenvalue weighted by atomic mass is 10.1. The summed E-state index contributed by atoms with van der Waals surface area (Å²) < 4.78 is 0.169. The average molecular weight is 735 g/mol. The van der Waals surface area contributed by atoms with Crippen LogP contribution in [0.4, 0.5) is 5.69 Å². The molecule has 0 aliphatic rings. The SMILES string of the molecule is O=C(NC[C@@H](O)CO)c1c(I)c(C(=O)NC[C@@H](O)CO)c(I)c([N+](=O)[O-])c1I. The Bertz CT molecular complexity index is 724. The van der Waals surface area contributed by atoms with E-state index in [1.807, 2.05) is 0 Å². The maximum Gasteiger partial charge on any atom is 0.297 e. The van der Waals surface area contributed by atoms with Crippen molar-refractivity contribution in [1.29, 1.82) is 0 Å². The van der Waals surface area contributed by atoms with Crippen molar-refractivity contribution in [1.82, 2.24) is 10.6 Å². The maximum atomic E-state index is 12.5. The lowest BCUT2D eigenvalue weighted by molar-refractivity contribution is -0.386. The molecule has 156 valence electrons. The lowest BCUT2D eigenvalue weighted by Crippen LogP contribution is -2.37. The summed E-state index contributed by atoms with van der Waals surface area (Å²) in [7, 11) is 0. The fourth-order valence-corrected chi connectivity index (χ4v) is 6.48. The molecule has 1 rings (SSSR count). The summed E-state index contributed by atoms with van der Waals surface area (Å²) in [4.78, 5) is 35.9. The predicted molar refractivity (Wildman–Crippen MR) is 122 cm³/mol. The molecule has 0 saturated carbocycles. The van der Waals surface area contributed by atoms with Gasteiger partial charge in [0.1, 0.15) is 7.14 Å². The van der Waals surface area contributed by atoms with Crippen LogP contribution in [0.1, 0.15) is 20.7 Å². The maximum absolute atomic E-state index is 12.5. The minimum atomic E-state index is -1.21. The van der Waals surface area contributed by atoms with Gasteiger partial charge in [-0.2, -0.15) is 0 Å². The van der Waals surface area contributed by atoms with Crippen LogP contribution in [-0.4, -0.2) is 75.7 Å². The number of benzene rings is 1. The van der Waals surface area contributed by atoms with Crippen molar-refractivity contribution < 1.29 is 34.9 Å². The molecule has 0 fully saturated rings. The van der Waals surface area contributed by atoms with Crippen molar-refractivity contribution in [2.45, 2.75) is 12.2 Å². The molecule has 0 bridgehead atoms. The molecule has 0 saturated heterocycles. The quantitative estimate of drug-likeness (QED) is 0.112. The van der Waals surface area contributed by atoms with Crippen molar-refractivity contribution in [2.75, 3.05) is 26.3 Å². The number of carbonyl (C=O) groups excluding carboxylic acids is 2. The smallest absolute Gasteiger partial charge is 0.297 e. The van der Waals surface area contributed by atoms with E-state index in [2.05, 4.69) is 10.6 Å². The summed E-state index contributed by atoms with van der Waals surface area (Å²) in [5.41, 5.74) is -0.667. The third-order valence-electron chi connectivity index (χ3n) is 3.35. The third kappa shape index (κ3) is 6.29. The Kier molecular flexibility index (Phi) is 10.7. The van der Waals surface area contributed by atoms with Crippen LogP contribution in [0.25, 0.3) is 0 Å². The van der Waals surface area contributed by atoms with E-state index < -0.39 is 47.8 Å². The monoisotopic (exact) mass is 735 g/mol. The summed E-state index contributed by atoms with van der Waals surface area (Å²) in [6.45, 7) is -1.73. The number of aliphatic hydroxyl groups is 4. The molecule has 2 amide bonds. The molecule has 0 spiro atoms. The molecule has 0 aromatic heterocycles. The van der Waals surface area contributed by atoms with Crippen LogP contribution in [0.15, 0.2) is 0 Å². The Morgan fingerprint density at radius 1 is 0.893 bits per heavy atom. The lowest BCUT2D eigenvalue weighted by Gasteiger charge is -2.16. The third-order valence-corrected chi connectivity index (χ3v) is 6.53. The van der Waals surface area contributed by atoms with E-state index in [9.17, 15) is 29.9 Å².